The summed E-state index contributed by atoms with van der Waals surface area (Å²) < 4.78 is 3.84. The summed E-state index contributed by atoms with van der Waals surface area (Å²) in [5.41, 5.74) is 1.92. The highest BCUT2D eigenvalue weighted by Gasteiger charge is 2.26. The van der Waals surface area contributed by atoms with Crippen LogP contribution in [0.15, 0.2) is 24.8 Å². The quantitative estimate of drug-likeness (QED) is 0.712. The lowest BCUT2D eigenvalue weighted by atomic mass is 9.92. The monoisotopic (exact) mass is 354 g/mol. The summed E-state index contributed by atoms with van der Waals surface area (Å²) in [5, 5.41) is 17.8. The van der Waals surface area contributed by atoms with Gasteiger partial charge in [-0.1, -0.05) is 20.8 Å². The third-order valence-corrected chi connectivity index (χ3v) is 5.12. The van der Waals surface area contributed by atoms with Gasteiger partial charge in [-0.3, -0.25) is 4.68 Å². The zero-order chi connectivity index (χ0) is 18.1. The molecule has 1 aliphatic rings. The first-order valence-electron chi connectivity index (χ1n) is 9.28. The molecule has 0 unspecified atom stereocenters. The van der Waals surface area contributed by atoms with Crippen molar-refractivity contribution in [2.45, 2.75) is 51.5 Å². The van der Waals surface area contributed by atoms with Gasteiger partial charge in [-0.05, 0) is 38.1 Å². The molecule has 0 N–H and O–H groups in total. The molecule has 8 nitrogen and oxygen atoms in total. The van der Waals surface area contributed by atoms with Gasteiger partial charge < -0.3 is 4.90 Å². The molecule has 0 radical (unpaired) electrons. The van der Waals surface area contributed by atoms with Crippen LogP contribution in [-0.2, 0) is 12.0 Å². The number of aromatic nitrogens is 7. The molecule has 0 atom stereocenters. The molecule has 1 saturated heterocycles. The van der Waals surface area contributed by atoms with Crippen LogP contribution in [-0.4, -0.2) is 59.1 Å². The molecule has 1 fully saturated rings. The summed E-state index contributed by atoms with van der Waals surface area (Å²) in [7, 11) is 0. The van der Waals surface area contributed by atoms with E-state index in [-0.39, 0.29) is 5.41 Å². The van der Waals surface area contributed by atoms with E-state index in [0.717, 1.165) is 56.2 Å². The average Bonchev–Trinajstić information content (AvgIpc) is 3.29. The number of hydrogen-bond acceptors (Lipinski definition) is 6. The minimum atomic E-state index is 0.0143. The molecule has 8 heteroatoms. The average molecular weight is 354 g/mol. The Kier molecular flexibility index (Phi) is 4.44. The predicted octanol–water partition coefficient (Wildman–Crippen LogP) is 1.89. The molecule has 0 saturated carbocycles. The number of piperidine rings is 1. The maximum absolute atomic E-state index is 4.83. The van der Waals surface area contributed by atoms with Crippen molar-refractivity contribution >= 4 is 5.65 Å². The van der Waals surface area contributed by atoms with Crippen molar-refractivity contribution in [3.8, 4) is 0 Å². The molecule has 3 aromatic heterocycles. The number of hydrogen-bond donors (Lipinski definition) is 0. The van der Waals surface area contributed by atoms with Crippen LogP contribution >= 0.6 is 0 Å². The molecule has 4 rings (SSSR count). The van der Waals surface area contributed by atoms with E-state index < -0.39 is 0 Å². The van der Waals surface area contributed by atoms with Crippen molar-refractivity contribution < 1.29 is 0 Å². The van der Waals surface area contributed by atoms with Crippen LogP contribution in [0, 0.1) is 0 Å². The first kappa shape index (κ1) is 17.1. The van der Waals surface area contributed by atoms with Crippen molar-refractivity contribution in [1.82, 2.24) is 39.5 Å². The zero-order valence-electron chi connectivity index (χ0n) is 15.7. The van der Waals surface area contributed by atoms with E-state index in [1.807, 2.05) is 15.3 Å². The van der Waals surface area contributed by atoms with Crippen molar-refractivity contribution in [1.29, 1.82) is 0 Å². The van der Waals surface area contributed by atoms with Gasteiger partial charge in [0.05, 0.1) is 12.2 Å². The van der Waals surface area contributed by atoms with E-state index >= 15 is 0 Å². The van der Waals surface area contributed by atoms with Gasteiger partial charge in [-0.15, -0.1) is 10.2 Å². The third kappa shape index (κ3) is 3.46. The smallest absolute Gasteiger partial charge is 0.177 e. The summed E-state index contributed by atoms with van der Waals surface area (Å²) in [6.45, 7) is 10.6. The zero-order valence-corrected chi connectivity index (χ0v) is 15.7. The van der Waals surface area contributed by atoms with Crippen molar-refractivity contribution in [2.24, 2.45) is 0 Å². The normalized spacial score (nSPS) is 17.2. The summed E-state index contributed by atoms with van der Waals surface area (Å²) in [5.74, 6) is 1.41. The summed E-state index contributed by atoms with van der Waals surface area (Å²) in [6, 6.07) is 4.08. The number of likely N-dealkylation sites (tertiary alicyclic amines) is 1. The van der Waals surface area contributed by atoms with Crippen LogP contribution in [0.3, 0.4) is 0 Å². The fourth-order valence-electron chi connectivity index (χ4n) is 3.47. The van der Waals surface area contributed by atoms with Gasteiger partial charge in [0.2, 0.25) is 0 Å². The Hall–Kier alpha value is -2.35. The summed E-state index contributed by atoms with van der Waals surface area (Å²) >= 11 is 0. The van der Waals surface area contributed by atoms with Crippen molar-refractivity contribution in [3.05, 3.63) is 36.3 Å². The Morgan fingerprint density at radius 3 is 2.58 bits per heavy atom. The van der Waals surface area contributed by atoms with E-state index in [9.17, 15) is 0 Å². The first-order chi connectivity index (χ1) is 12.5. The molecule has 0 spiro atoms. The molecular weight excluding hydrogens is 328 g/mol. The van der Waals surface area contributed by atoms with Crippen LogP contribution in [0.5, 0.6) is 0 Å². The van der Waals surface area contributed by atoms with Gasteiger partial charge in [0.25, 0.3) is 0 Å². The number of rotatable bonds is 4. The van der Waals surface area contributed by atoms with Crippen LogP contribution in [0.25, 0.3) is 5.65 Å². The van der Waals surface area contributed by atoms with E-state index in [4.69, 9.17) is 5.10 Å². The molecule has 1 aliphatic heterocycles. The summed E-state index contributed by atoms with van der Waals surface area (Å²) in [6.07, 6.45) is 5.52. The summed E-state index contributed by atoms with van der Waals surface area (Å²) in [4.78, 5) is 6.47. The topological polar surface area (TPSA) is 77.0 Å². The minimum Gasteiger partial charge on any atom is -0.301 e. The van der Waals surface area contributed by atoms with Gasteiger partial charge in [-0.25, -0.2) is 4.98 Å². The largest absolute Gasteiger partial charge is 0.301 e. The Morgan fingerprint density at radius 2 is 1.88 bits per heavy atom. The molecule has 3 aromatic rings. The Balaban J connectivity index is 1.44. The molecule has 0 amide bonds. The van der Waals surface area contributed by atoms with E-state index in [1.165, 1.54) is 0 Å². The minimum absolute atomic E-state index is 0.0143. The van der Waals surface area contributed by atoms with Gasteiger partial charge in [0.1, 0.15) is 12.7 Å². The highest BCUT2D eigenvalue weighted by molar-refractivity contribution is 5.37. The van der Waals surface area contributed by atoms with Crippen LogP contribution in [0.4, 0.5) is 0 Å². The van der Waals surface area contributed by atoms with Gasteiger partial charge in [-0.2, -0.15) is 14.7 Å². The van der Waals surface area contributed by atoms with E-state index in [1.54, 1.807) is 12.7 Å². The molecule has 4 heterocycles. The lowest BCUT2D eigenvalue weighted by Crippen LogP contribution is -2.35. The van der Waals surface area contributed by atoms with Gasteiger partial charge in [0.15, 0.2) is 11.5 Å². The lowest BCUT2D eigenvalue weighted by Gasteiger charge is -2.30. The van der Waals surface area contributed by atoms with Gasteiger partial charge >= 0.3 is 0 Å². The Morgan fingerprint density at radius 1 is 1.08 bits per heavy atom. The second kappa shape index (κ2) is 6.75. The van der Waals surface area contributed by atoms with Crippen molar-refractivity contribution in [2.75, 3.05) is 19.6 Å². The fraction of sp³-hybridized carbons (Fsp3) is 0.611. The van der Waals surface area contributed by atoms with E-state index in [0.29, 0.717) is 5.92 Å². The number of nitrogens with zero attached hydrogens (tertiary/aromatic N) is 8. The van der Waals surface area contributed by atoms with Crippen molar-refractivity contribution in [3.63, 3.8) is 0 Å². The standard InChI is InChI=1S/C18H26N8/c1-18(2,3)15-4-5-16-21-22-17(26(16)23-15)14-6-8-24(9-7-14)10-11-25-13-19-12-20-25/h4-5,12-14H,6-11H2,1-3H3. The second-order valence-electron chi connectivity index (χ2n) is 8.07. The van der Waals surface area contributed by atoms with Crippen LogP contribution in [0.2, 0.25) is 0 Å². The molecular formula is C18H26N8. The third-order valence-electron chi connectivity index (χ3n) is 5.12. The predicted molar refractivity (Wildman–Crippen MR) is 97.9 cm³/mol. The van der Waals surface area contributed by atoms with Crippen LogP contribution in [0.1, 0.15) is 51.0 Å². The molecule has 26 heavy (non-hydrogen) atoms. The van der Waals surface area contributed by atoms with Gasteiger partial charge in [0, 0.05) is 17.9 Å². The highest BCUT2D eigenvalue weighted by Crippen LogP contribution is 2.27. The molecule has 138 valence electrons. The maximum atomic E-state index is 4.83. The highest BCUT2D eigenvalue weighted by atomic mass is 15.4. The molecule has 0 aliphatic carbocycles. The van der Waals surface area contributed by atoms with E-state index in [2.05, 4.69) is 52.0 Å². The first-order valence-corrected chi connectivity index (χ1v) is 9.28. The maximum Gasteiger partial charge on any atom is 0.177 e. The SMILES string of the molecule is CC(C)(C)c1ccc2nnc(C3CCN(CCn4cncn4)CC3)n2n1. The molecule has 0 bridgehead atoms. The Bertz CT molecular complexity index is 853. The molecule has 0 aromatic carbocycles. The fourth-order valence-corrected chi connectivity index (χ4v) is 3.47. The lowest BCUT2D eigenvalue weighted by molar-refractivity contribution is 0.199. The Labute approximate surface area is 153 Å². The van der Waals surface area contributed by atoms with Crippen LogP contribution < -0.4 is 0 Å². The number of fused-ring (bicyclic) bond motifs is 1. The second-order valence-corrected chi connectivity index (χ2v) is 8.07.